The van der Waals surface area contributed by atoms with Crippen LogP contribution in [0, 0.1) is 19.3 Å². The highest BCUT2D eigenvalue weighted by atomic mass is 16.7. The van der Waals surface area contributed by atoms with E-state index in [-0.39, 0.29) is 5.97 Å². The second kappa shape index (κ2) is 5.09. The van der Waals surface area contributed by atoms with Crippen LogP contribution in [0.15, 0.2) is 12.1 Å². The van der Waals surface area contributed by atoms with Crippen molar-refractivity contribution in [2.75, 3.05) is 18.8 Å². The third-order valence-electron chi connectivity index (χ3n) is 3.76. The van der Waals surface area contributed by atoms with Gasteiger partial charge in [0.1, 0.15) is 0 Å². The van der Waals surface area contributed by atoms with Gasteiger partial charge in [-0.25, -0.2) is 4.79 Å². The number of carbonyl (C=O) groups is 1. The van der Waals surface area contributed by atoms with E-state index >= 15 is 0 Å². The van der Waals surface area contributed by atoms with E-state index in [1.165, 1.54) is 5.56 Å². The van der Waals surface area contributed by atoms with Gasteiger partial charge in [0.15, 0.2) is 0 Å². The first-order valence-corrected chi connectivity index (χ1v) is 7.02. The highest BCUT2D eigenvalue weighted by Gasteiger charge is 2.34. The number of nitrogen functional groups attached to an aromatic ring is 1. The van der Waals surface area contributed by atoms with E-state index in [9.17, 15) is 4.79 Å². The molecule has 1 aromatic carbocycles. The Bertz CT molecular complexity index is 503. The van der Waals surface area contributed by atoms with Gasteiger partial charge in [-0.2, -0.15) is 0 Å². The van der Waals surface area contributed by atoms with Crippen molar-refractivity contribution in [1.29, 1.82) is 0 Å². The maximum absolute atomic E-state index is 11.8. The lowest BCUT2D eigenvalue weighted by Crippen LogP contribution is -2.47. The fourth-order valence-corrected chi connectivity index (χ4v) is 2.22. The molecule has 0 saturated carbocycles. The summed E-state index contributed by atoms with van der Waals surface area (Å²) in [5.74, 6) is 0.237. The second-order valence-electron chi connectivity index (χ2n) is 6.74. The van der Waals surface area contributed by atoms with Gasteiger partial charge in [-0.05, 0) is 51.3 Å². The zero-order valence-corrected chi connectivity index (χ0v) is 13.0. The van der Waals surface area contributed by atoms with Crippen molar-refractivity contribution in [2.45, 2.75) is 40.5 Å². The Morgan fingerprint density at radius 3 is 2.20 bits per heavy atom. The van der Waals surface area contributed by atoms with E-state index < -0.39 is 5.41 Å². The molecule has 0 unspecified atom stereocenters. The summed E-state index contributed by atoms with van der Waals surface area (Å²) in [6.45, 7) is 11.1. The van der Waals surface area contributed by atoms with Gasteiger partial charge in [0.05, 0.1) is 5.41 Å². The van der Waals surface area contributed by atoms with Crippen LogP contribution in [-0.2, 0) is 9.63 Å². The van der Waals surface area contributed by atoms with Crippen molar-refractivity contribution in [2.24, 2.45) is 5.41 Å². The molecule has 4 heteroatoms. The topological polar surface area (TPSA) is 55.6 Å². The third kappa shape index (κ3) is 2.96. The first kappa shape index (κ1) is 14.9. The Morgan fingerprint density at radius 2 is 1.75 bits per heavy atom. The molecule has 0 aromatic heterocycles. The summed E-state index contributed by atoms with van der Waals surface area (Å²) in [7, 11) is 0. The minimum Gasteiger partial charge on any atom is -0.398 e. The normalized spacial score (nSPS) is 16.9. The first-order chi connectivity index (χ1) is 9.18. The predicted octanol–water partition coefficient (Wildman–Crippen LogP) is 2.79. The van der Waals surface area contributed by atoms with Gasteiger partial charge < -0.3 is 10.6 Å². The second-order valence-corrected chi connectivity index (χ2v) is 6.74. The highest BCUT2D eigenvalue weighted by molar-refractivity contribution is 5.75. The van der Waals surface area contributed by atoms with Crippen LogP contribution in [0.5, 0.6) is 0 Å². The van der Waals surface area contributed by atoms with E-state index in [1.807, 2.05) is 34.6 Å². The van der Waals surface area contributed by atoms with Gasteiger partial charge in [0.2, 0.25) is 0 Å². The number of carbonyl (C=O) groups excluding carboxylic acids is 1. The van der Waals surface area contributed by atoms with Crippen LogP contribution >= 0.6 is 0 Å². The molecule has 110 valence electrons. The van der Waals surface area contributed by atoms with Crippen molar-refractivity contribution >= 4 is 11.7 Å². The van der Waals surface area contributed by atoms with Gasteiger partial charge in [0.25, 0.3) is 0 Å². The molecular formula is C16H24N2O2. The van der Waals surface area contributed by atoms with Crippen LogP contribution in [0.1, 0.15) is 43.4 Å². The van der Waals surface area contributed by atoms with Gasteiger partial charge in [-0.1, -0.05) is 12.1 Å². The Kier molecular flexibility index (Phi) is 3.78. The summed E-state index contributed by atoms with van der Waals surface area (Å²) in [5.41, 5.74) is 9.88. The molecule has 20 heavy (non-hydrogen) atoms. The molecule has 0 radical (unpaired) electrons. The van der Waals surface area contributed by atoms with E-state index in [1.54, 1.807) is 5.06 Å². The number of hydrogen-bond donors (Lipinski definition) is 1. The van der Waals surface area contributed by atoms with Crippen molar-refractivity contribution in [3.05, 3.63) is 28.8 Å². The van der Waals surface area contributed by atoms with E-state index in [2.05, 4.69) is 12.1 Å². The van der Waals surface area contributed by atoms with E-state index in [4.69, 9.17) is 10.6 Å². The monoisotopic (exact) mass is 276 g/mol. The number of anilines is 1. The Morgan fingerprint density at radius 1 is 1.25 bits per heavy atom. The van der Waals surface area contributed by atoms with Crippen molar-refractivity contribution in [1.82, 2.24) is 5.06 Å². The molecule has 0 bridgehead atoms. The Hall–Kier alpha value is -1.55. The summed E-state index contributed by atoms with van der Waals surface area (Å²) in [5, 5.41) is 1.74. The van der Waals surface area contributed by atoms with Gasteiger partial charge in [0, 0.05) is 24.7 Å². The Labute approximate surface area is 120 Å². The number of hydroxylamine groups is 2. The van der Waals surface area contributed by atoms with Gasteiger partial charge >= 0.3 is 5.97 Å². The van der Waals surface area contributed by atoms with Crippen molar-refractivity contribution in [3.8, 4) is 0 Å². The van der Waals surface area contributed by atoms with Crippen LogP contribution in [0.4, 0.5) is 5.69 Å². The average molecular weight is 276 g/mol. The molecule has 0 spiro atoms. The third-order valence-corrected chi connectivity index (χ3v) is 3.76. The number of benzene rings is 1. The van der Waals surface area contributed by atoms with Crippen LogP contribution < -0.4 is 5.73 Å². The number of hydrogen-bond acceptors (Lipinski definition) is 4. The summed E-state index contributed by atoms with van der Waals surface area (Å²) in [6, 6.07) is 4.27. The lowest BCUT2D eigenvalue weighted by atomic mass is 9.90. The molecule has 1 saturated heterocycles. The minimum atomic E-state index is -0.459. The van der Waals surface area contributed by atoms with Crippen molar-refractivity contribution < 1.29 is 9.63 Å². The first-order valence-electron chi connectivity index (χ1n) is 7.02. The standard InChI is InChI=1S/C16H24N2O2/c1-10-6-12(7-11(2)14(10)17)13-8-18(9-13)20-15(19)16(3,4)5/h6-7,13H,8-9,17H2,1-5H3. The maximum Gasteiger partial charge on any atom is 0.330 e. The molecule has 0 amide bonds. The average Bonchev–Trinajstić information content (AvgIpc) is 2.28. The van der Waals surface area contributed by atoms with Gasteiger partial charge in [-0.15, -0.1) is 5.06 Å². The molecule has 0 atom stereocenters. The highest BCUT2D eigenvalue weighted by Crippen LogP contribution is 2.31. The lowest BCUT2D eigenvalue weighted by molar-refractivity contribution is -0.220. The summed E-state index contributed by atoms with van der Waals surface area (Å²) in [4.78, 5) is 17.1. The van der Waals surface area contributed by atoms with Crippen LogP contribution in [0.2, 0.25) is 0 Å². The Balaban J connectivity index is 1.96. The van der Waals surface area contributed by atoms with Crippen LogP contribution in [-0.4, -0.2) is 24.1 Å². The zero-order valence-electron chi connectivity index (χ0n) is 13.0. The molecule has 2 N–H and O–H groups in total. The quantitative estimate of drug-likeness (QED) is 0.844. The van der Waals surface area contributed by atoms with Crippen LogP contribution in [0.3, 0.4) is 0 Å². The molecule has 1 heterocycles. The fraction of sp³-hybridized carbons (Fsp3) is 0.562. The summed E-state index contributed by atoms with van der Waals surface area (Å²) in [6.07, 6.45) is 0. The zero-order chi connectivity index (χ0) is 15.1. The molecule has 1 aliphatic heterocycles. The molecule has 0 aliphatic carbocycles. The minimum absolute atomic E-state index is 0.180. The molecule has 1 fully saturated rings. The summed E-state index contributed by atoms with van der Waals surface area (Å²) >= 11 is 0. The fourth-order valence-electron chi connectivity index (χ4n) is 2.22. The SMILES string of the molecule is Cc1cc(C2CN(OC(=O)C(C)(C)C)C2)cc(C)c1N. The maximum atomic E-state index is 11.8. The van der Waals surface area contributed by atoms with Gasteiger partial charge in [-0.3, -0.25) is 0 Å². The molecule has 1 aromatic rings. The van der Waals surface area contributed by atoms with E-state index in [0.29, 0.717) is 5.92 Å². The molecular weight excluding hydrogens is 252 g/mol. The smallest absolute Gasteiger partial charge is 0.330 e. The number of aryl methyl sites for hydroxylation is 2. The number of nitrogens with zero attached hydrogens (tertiary/aromatic N) is 1. The lowest BCUT2D eigenvalue weighted by Gasteiger charge is -2.38. The predicted molar refractivity (Wildman–Crippen MR) is 80.2 cm³/mol. The molecule has 2 rings (SSSR count). The molecule has 4 nitrogen and oxygen atoms in total. The van der Waals surface area contributed by atoms with E-state index in [0.717, 1.165) is 29.9 Å². The molecule has 1 aliphatic rings. The van der Waals surface area contributed by atoms with Crippen LogP contribution in [0.25, 0.3) is 0 Å². The summed E-state index contributed by atoms with van der Waals surface area (Å²) < 4.78 is 0. The number of rotatable bonds is 2. The van der Waals surface area contributed by atoms with Crippen molar-refractivity contribution in [3.63, 3.8) is 0 Å². The largest absolute Gasteiger partial charge is 0.398 e. The number of nitrogens with two attached hydrogens (primary N) is 1.